The lowest BCUT2D eigenvalue weighted by Gasteiger charge is -2.16. The number of benzene rings is 1. The number of rotatable bonds is 4. The first kappa shape index (κ1) is 19.6. The molecule has 1 aromatic carbocycles. The molecule has 0 fully saturated rings. The van der Waals surface area contributed by atoms with E-state index in [1.54, 1.807) is 36.6 Å². The first-order valence-corrected chi connectivity index (χ1v) is 9.87. The number of aromatic nitrogens is 1. The van der Waals surface area contributed by atoms with Gasteiger partial charge in [-0.3, -0.25) is 0 Å². The Labute approximate surface area is 167 Å². The molecule has 0 atom stereocenters. The highest BCUT2D eigenvalue weighted by Crippen LogP contribution is 2.25. The minimum atomic E-state index is 0.286. The number of hydrogen-bond donors (Lipinski definition) is 0. The molecule has 0 radical (unpaired) electrons. The summed E-state index contributed by atoms with van der Waals surface area (Å²) in [6, 6.07) is 5.19. The zero-order valence-corrected chi connectivity index (χ0v) is 17.1. The SMILES string of the molecule is COc1ccc(Cl)cc1C(=NC#N)N=c1sc2c(n1CC(C)C)CCOC2. The smallest absolute Gasteiger partial charge is 0.207 e. The summed E-state index contributed by atoms with van der Waals surface area (Å²) in [4.78, 5) is 10.7. The second-order valence-electron chi connectivity index (χ2n) is 6.55. The monoisotopic (exact) mass is 404 g/mol. The van der Waals surface area contributed by atoms with Crippen LogP contribution in [0.3, 0.4) is 0 Å². The van der Waals surface area contributed by atoms with E-state index in [4.69, 9.17) is 26.1 Å². The molecule has 1 aliphatic rings. The minimum Gasteiger partial charge on any atom is -0.496 e. The molecule has 0 aliphatic carbocycles. The maximum absolute atomic E-state index is 9.19. The number of halogens is 1. The molecule has 27 heavy (non-hydrogen) atoms. The summed E-state index contributed by atoms with van der Waals surface area (Å²) in [6.45, 7) is 6.49. The van der Waals surface area contributed by atoms with Gasteiger partial charge in [-0.25, -0.2) is 0 Å². The topological polar surface area (TPSA) is 71.9 Å². The zero-order chi connectivity index (χ0) is 19.4. The van der Waals surface area contributed by atoms with Crippen LogP contribution in [-0.4, -0.2) is 24.1 Å². The van der Waals surface area contributed by atoms with Gasteiger partial charge >= 0.3 is 0 Å². The lowest BCUT2D eigenvalue weighted by molar-refractivity contribution is 0.110. The van der Waals surface area contributed by atoms with Gasteiger partial charge in [0, 0.05) is 23.7 Å². The molecular weight excluding hydrogens is 384 g/mol. The fourth-order valence-electron chi connectivity index (χ4n) is 2.99. The first-order chi connectivity index (χ1) is 13.0. The number of methoxy groups -OCH3 is 1. The van der Waals surface area contributed by atoms with Crippen LogP contribution in [0.5, 0.6) is 5.75 Å². The minimum absolute atomic E-state index is 0.286. The molecule has 6 nitrogen and oxygen atoms in total. The van der Waals surface area contributed by atoms with Crippen molar-refractivity contribution in [3.63, 3.8) is 0 Å². The number of amidine groups is 1. The van der Waals surface area contributed by atoms with Gasteiger partial charge in [-0.2, -0.15) is 15.2 Å². The summed E-state index contributed by atoms with van der Waals surface area (Å²) in [6.07, 6.45) is 2.71. The quantitative estimate of drug-likeness (QED) is 0.442. The van der Waals surface area contributed by atoms with Crippen LogP contribution in [0.1, 0.15) is 30.0 Å². The van der Waals surface area contributed by atoms with Crippen molar-refractivity contribution in [1.82, 2.24) is 4.57 Å². The van der Waals surface area contributed by atoms with Crippen LogP contribution < -0.4 is 9.54 Å². The van der Waals surface area contributed by atoms with Crippen LogP contribution >= 0.6 is 22.9 Å². The number of nitriles is 1. The molecule has 0 saturated heterocycles. The predicted octanol–water partition coefficient (Wildman–Crippen LogP) is 3.77. The van der Waals surface area contributed by atoms with Crippen molar-refractivity contribution < 1.29 is 9.47 Å². The Morgan fingerprint density at radius 3 is 3.00 bits per heavy atom. The van der Waals surface area contributed by atoms with Gasteiger partial charge in [0.05, 0.1) is 30.8 Å². The summed E-state index contributed by atoms with van der Waals surface area (Å²) in [5.74, 6) is 1.31. The van der Waals surface area contributed by atoms with E-state index in [9.17, 15) is 5.26 Å². The van der Waals surface area contributed by atoms with Crippen molar-refractivity contribution in [2.75, 3.05) is 13.7 Å². The van der Waals surface area contributed by atoms with E-state index in [-0.39, 0.29) is 5.84 Å². The number of aliphatic imine (C=N–C) groups is 1. The van der Waals surface area contributed by atoms with E-state index in [0.717, 1.165) is 17.8 Å². The zero-order valence-electron chi connectivity index (χ0n) is 15.5. The second-order valence-corrected chi connectivity index (χ2v) is 8.05. The molecular formula is C19H21ClN4O2S. The largest absolute Gasteiger partial charge is 0.496 e. The molecule has 0 saturated carbocycles. The average molecular weight is 405 g/mol. The lowest BCUT2D eigenvalue weighted by atomic mass is 10.2. The van der Waals surface area contributed by atoms with Crippen molar-refractivity contribution in [3.8, 4) is 11.9 Å². The Kier molecular flexibility index (Phi) is 6.32. The van der Waals surface area contributed by atoms with Gasteiger partial charge in [0.2, 0.25) is 6.19 Å². The van der Waals surface area contributed by atoms with Gasteiger partial charge in [0.25, 0.3) is 0 Å². The summed E-state index contributed by atoms with van der Waals surface area (Å²) in [5.41, 5.74) is 1.85. The molecule has 0 amide bonds. The molecule has 8 heteroatoms. The van der Waals surface area contributed by atoms with Crippen LogP contribution in [0.4, 0.5) is 0 Å². The normalized spacial score (nSPS) is 15.0. The Morgan fingerprint density at radius 1 is 1.48 bits per heavy atom. The maximum atomic E-state index is 9.19. The van der Waals surface area contributed by atoms with Crippen molar-refractivity contribution in [3.05, 3.63) is 44.2 Å². The maximum Gasteiger partial charge on any atom is 0.207 e. The predicted molar refractivity (Wildman–Crippen MR) is 106 cm³/mol. The lowest BCUT2D eigenvalue weighted by Crippen LogP contribution is -2.24. The number of fused-ring (bicyclic) bond motifs is 1. The summed E-state index contributed by atoms with van der Waals surface area (Å²) < 4.78 is 13.2. The molecule has 142 valence electrons. The Bertz CT molecular complexity index is 969. The van der Waals surface area contributed by atoms with Crippen molar-refractivity contribution in [2.24, 2.45) is 15.9 Å². The van der Waals surface area contributed by atoms with E-state index >= 15 is 0 Å². The van der Waals surface area contributed by atoms with E-state index in [1.807, 2.05) is 6.19 Å². The second kappa shape index (κ2) is 8.70. The van der Waals surface area contributed by atoms with Gasteiger partial charge < -0.3 is 14.0 Å². The molecule has 1 aromatic heterocycles. The van der Waals surface area contributed by atoms with Gasteiger partial charge in [0.15, 0.2) is 10.6 Å². The highest BCUT2D eigenvalue weighted by molar-refractivity contribution is 7.09. The standard InChI is InChI=1S/C19H21ClN4O2S/c1-12(2)9-24-15-6-7-26-10-17(15)27-19(24)23-18(22-11-21)14-8-13(20)4-5-16(14)25-3/h4-5,8,12H,6-7,9-10H2,1-3H3. The van der Waals surface area contributed by atoms with E-state index in [0.29, 0.717) is 35.5 Å². The molecule has 1 aliphatic heterocycles. The molecule has 2 aromatic rings. The molecule has 0 spiro atoms. The number of thiazole rings is 1. The molecule has 2 heterocycles. The van der Waals surface area contributed by atoms with E-state index in [1.165, 1.54) is 10.6 Å². The third-order valence-corrected chi connectivity index (χ3v) is 5.45. The number of ether oxygens (including phenoxy) is 2. The molecule has 3 rings (SSSR count). The van der Waals surface area contributed by atoms with Gasteiger partial charge in [-0.15, -0.1) is 0 Å². The third kappa shape index (κ3) is 4.41. The summed E-state index contributed by atoms with van der Waals surface area (Å²) in [5, 5.41) is 9.72. The Balaban J connectivity index is 2.19. The van der Waals surface area contributed by atoms with Crippen LogP contribution in [0.15, 0.2) is 28.2 Å². The number of nitrogens with zero attached hydrogens (tertiary/aromatic N) is 4. The fraction of sp³-hybridized carbons (Fsp3) is 0.421. The van der Waals surface area contributed by atoms with Crippen LogP contribution in [0.2, 0.25) is 5.02 Å². The van der Waals surface area contributed by atoms with Gasteiger partial charge in [0.1, 0.15) is 5.75 Å². The van der Waals surface area contributed by atoms with E-state index in [2.05, 4.69) is 23.4 Å². The highest BCUT2D eigenvalue weighted by Gasteiger charge is 2.19. The van der Waals surface area contributed by atoms with Gasteiger partial charge in [-0.05, 0) is 24.1 Å². The fourth-order valence-corrected chi connectivity index (χ4v) is 4.28. The number of hydrogen-bond acceptors (Lipinski definition) is 5. The van der Waals surface area contributed by atoms with Crippen molar-refractivity contribution >= 4 is 28.8 Å². The van der Waals surface area contributed by atoms with E-state index < -0.39 is 0 Å². The Morgan fingerprint density at radius 2 is 2.30 bits per heavy atom. The first-order valence-electron chi connectivity index (χ1n) is 8.68. The van der Waals surface area contributed by atoms with Crippen molar-refractivity contribution in [1.29, 1.82) is 5.26 Å². The Hall–Kier alpha value is -2.14. The van der Waals surface area contributed by atoms with Crippen LogP contribution in [-0.2, 0) is 24.3 Å². The molecule has 0 bridgehead atoms. The molecule has 0 unspecified atom stereocenters. The molecule has 0 N–H and O–H groups in total. The average Bonchev–Trinajstić information content (AvgIpc) is 2.98. The van der Waals surface area contributed by atoms with Crippen molar-refractivity contribution in [2.45, 2.75) is 33.4 Å². The highest BCUT2D eigenvalue weighted by atomic mass is 35.5. The van der Waals surface area contributed by atoms with Gasteiger partial charge in [-0.1, -0.05) is 36.8 Å². The summed E-state index contributed by atoms with van der Waals surface area (Å²) >= 11 is 7.73. The third-order valence-electron chi connectivity index (χ3n) is 4.12. The van der Waals surface area contributed by atoms with Crippen LogP contribution in [0, 0.1) is 17.4 Å². The van der Waals surface area contributed by atoms with Crippen LogP contribution in [0.25, 0.3) is 0 Å². The summed E-state index contributed by atoms with van der Waals surface area (Å²) in [7, 11) is 1.57.